The molecular weight excluding hydrogens is 527 g/mol. The molecule has 0 N–H and O–H groups in total. The zero-order valence-electron chi connectivity index (χ0n) is 21.5. The first kappa shape index (κ1) is 26.6. The molecule has 2 aromatic heterocycles. The highest BCUT2D eigenvalue weighted by molar-refractivity contribution is 7.90. The monoisotopic (exact) mass is 551 g/mol. The van der Waals surface area contributed by atoms with Crippen molar-refractivity contribution in [3.8, 4) is 45.1 Å². The van der Waals surface area contributed by atoms with E-state index in [1.807, 2.05) is 67.1 Å². The number of alkyl halides is 3. The molecule has 0 aliphatic heterocycles. The Morgan fingerprint density at radius 3 is 2.23 bits per heavy atom. The molecule has 1 atom stereocenters. The summed E-state index contributed by atoms with van der Waals surface area (Å²) < 4.78 is 62.2. The lowest BCUT2D eigenvalue weighted by Gasteiger charge is -2.14. The predicted octanol–water partition coefficient (Wildman–Crippen LogP) is 7.42. The van der Waals surface area contributed by atoms with Gasteiger partial charge in [0.2, 0.25) is 0 Å². The predicted molar refractivity (Wildman–Crippen MR) is 143 cm³/mol. The van der Waals surface area contributed by atoms with Crippen molar-refractivity contribution in [3.05, 3.63) is 90.3 Å². The number of rotatable bonds is 6. The van der Waals surface area contributed by atoms with Gasteiger partial charge < -0.3 is 18.3 Å². The minimum absolute atomic E-state index is 0.326. The van der Waals surface area contributed by atoms with Gasteiger partial charge in [-0.15, -0.1) is 13.2 Å². The van der Waals surface area contributed by atoms with Crippen LogP contribution in [-0.4, -0.2) is 31.7 Å². The van der Waals surface area contributed by atoms with Crippen LogP contribution in [0.15, 0.2) is 82.2 Å². The molecule has 0 aliphatic carbocycles. The molecule has 3 aromatic carbocycles. The molecule has 5 rings (SSSR count). The summed E-state index contributed by atoms with van der Waals surface area (Å²) in [4.78, 5) is 9.81. The number of aryl methyl sites for hydroxylation is 3. The lowest BCUT2D eigenvalue weighted by atomic mass is 9.98. The number of nitrogens with zero attached hydrogens (tertiary/aromatic N) is 3. The summed E-state index contributed by atoms with van der Waals surface area (Å²) in [6.45, 7) is 5.52. The molecule has 0 fully saturated rings. The summed E-state index contributed by atoms with van der Waals surface area (Å²) in [7, 11) is 0. The molecule has 0 bridgehead atoms. The van der Waals surface area contributed by atoms with Gasteiger partial charge in [-0.05, 0) is 78.6 Å². The summed E-state index contributed by atoms with van der Waals surface area (Å²) in [5.41, 5.74) is 5.13. The van der Waals surface area contributed by atoms with Crippen molar-refractivity contribution in [2.75, 3.05) is 6.26 Å². The summed E-state index contributed by atoms with van der Waals surface area (Å²) in [5.74, 6) is 1.30. The number of hydrogen-bond acceptors (Lipinski definition) is 5. The molecule has 6 nitrogen and oxygen atoms in total. The van der Waals surface area contributed by atoms with Crippen LogP contribution >= 0.6 is 0 Å². The summed E-state index contributed by atoms with van der Waals surface area (Å²) in [6.07, 6.45) is -1.23. The smallest absolute Gasteiger partial charge is 0.573 e. The zero-order valence-corrected chi connectivity index (χ0v) is 22.4. The highest BCUT2D eigenvalue weighted by atomic mass is 32.2. The second kappa shape index (κ2) is 10.3. The Kier molecular flexibility index (Phi) is 7.00. The van der Waals surface area contributed by atoms with Crippen LogP contribution < -0.4 is 4.74 Å². The number of halogens is 3. The maximum absolute atomic E-state index is 12.7. The molecule has 5 aromatic rings. The number of imidazole rings is 1. The summed E-state index contributed by atoms with van der Waals surface area (Å²) in [5, 5.41) is 0. The Hall–Kier alpha value is -4.02. The van der Waals surface area contributed by atoms with Crippen molar-refractivity contribution >= 4 is 11.2 Å². The maximum atomic E-state index is 12.7. The van der Waals surface area contributed by atoms with E-state index < -0.39 is 17.5 Å². The van der Waals surface area contributed by atoms with E-state index in [0.717, 1.165) is 28.3 Å². The molecule has 10 heteroatoms. The van der Waals surface area contributed by atoms with Gasteiger partial charge in [-0.1, -0.05) is 18.2 Å². The number of benzene rings is 3. The molecule has 0 spiro atoms. The zero-order chi connectivity index (χ0) is 27.9. The highest BCUT2D eigenvalue weighted by Gasteiger charge is 2.31. The third kappa shape index (κ3) is 5.71. The minimum atomic E-state index is -4.78. The molecule has 200 valence electrons. The Morgan fingerprint density at radius 2 is 1.59 bits per heavy atom. The fraction of sp³-hybridized carbons (Fsp3) is 0.172. The van der Waals surface area contributed by atoms with E-state index in [9.17, 15) is 17.7 Å². The molecule has 0 radical (unpaired) electrons. The molecule has 1 unspecified atom stereocenters. The first-order chi connectivity index (χ1) is 18.5. The van der Waals surface area contributed by atoms with Crippen molar-refractivity contribution in [1.82, 2.24) is 14.5 Å². The fourth-order valence-corrected chi connectivity index (χ4v) is 5.01. The van der Waals surface area contributed by atoms with Crippen molar-refractivity contribution in [1.29, 1.82) is 0 Å². The average Bonchev–Trinajstić information content (AvgIpc) is 3.44. The van der Waals surface area contributed by atoms with Gasteiger partial charge >= 0.3 is 6.36 Å². The summed E-state index contributed by atoms with van der Waals surface area (Å²) in [6, 6.07) is 18.9. The fourth-order valence-electron chi connectivity index (χ4n) is 4.44. The third-order valence-corrected chi connectivity index (χ3v) is 7.02. The van der Waals surface area contributed by atoms with Crippen LogP contribution in [0.3, 0.4) is 0 Å². The van der Waals surface area contributed by atoms with Crippen molar-refractivity contribution < 1.29 is 26.9 Å². The second-order valence-corrected chi connectivity index (χ2v) is 10.4. The van der Waals surface area contributed by atoms with Gasteiger partial charge in [-0.25, -0.2) is 9.97 Å². The molecule has 0 amide bonds. The van der Waals surface area contributed by atoms with E-state index in [2.05, 4.69) is 14.7 Å². The Labute approximate surface area is 226 Å². The minimum Gasteiger partial charge on any atom is -0.612 e. The molecule has 39 heavy (non-hydrogen) atoms. The highest BCUT2D eigenvalue weighted by Crippen LogP contribution is 2.39. The van der Waals surface area contributed by atoms with E-state index in [1.165, 1.54) is 24.3 Å². The van der Waals surface area contributed by atoms with Crippen LogP contribution in [0.4, 0.5) is 13.2 Å². The molecule has 0 aliphatic rings. The normalized spacial score (nSPS) is 12.5. The Bertz CT molecular complexity index is 1640. The molecule has 0 saturated carbocycles. The van der Waals surface area contributed by atoms with Gasteiger partial charge in [0, 0.05) is 30.3 Å². The Balaban J connectivity index is 1.68. The first-order valence-corrected chi connectivity index (χ1v) is 13.5. The van der Waals surface area contributed by atoms with Gasteiger partial charge in [-0.2, -0.15) is 0 Å². The summed E-state index contributed by atoms with van der Waals surface area (Å²) >= 11 is -1.14. The molecule has 2 heterocycles. The number of hydrogen-bond donors (Lipinski definition) is 0. The van der Waals surface area contributed by atoms with Gasteiger partial charge in [-0.3, -0.25) is 0 Å². The van der Waals surface area contributed by atoms with Gasteiger partial charge in [0.15, 0.2) is 16.5 Å². The second-order valence-electron chi connectivity index (χ2n) is 9.00. The van der Waals surface area contributed by atoms with Crippen molar-refractivity contribution in [3.63, 3.8) is 0 Å². The largest absolute Gasteiger partial charge is 0.612 e. The van der Waals surface area contributed by atoms with Crippen LogP contribution in [0.5, 0.6) is 5.75 Å². The van der Waals surface area contributed by atoms with Crippen LogP contribution in [0.2, 0.25) is 0 Å². The molecular formula is C29H24F3N3O3S. The first-order valence-electron chi connectivity index (χ1n) is 11.9. The van der Waals surface area contributed by atoms with E-state index in [1.54, 1.807) is 13.2 Å². The lowest BCUT2D eigenvalue weighted by molar-refractivity contribution is -0.274. The van der Waals surface area contributed by atoms with Crippen LogP contribution in [0.25, 0.3) is 39.4 Å². The van der Waals surface area contributed by atoms with E-state index in [0.29, 0.717) is 33.4 Å². The van der Waals surface area contributed by atoms with Gasteiger partial charge in [0.05, 0.1) is 11.4 Å². The van der Waals surface area contributed by atoms with Crippen LogP contribution in [-0.2, 0) is 11.2 Å². The van der Waals surface area contributed by atoms with E-state index >= 15 is 0 Å². The molecule has 0 saturated heterocycles. The van der Waals surface area contributed by atoms with Gasteiger partial charge in [0.25, 0.3) is 0 Å². The number of oxazole rings is 1. The van der Waals surface area contributed by atoms with E-state index in [4.69, 9.17) is 4.42 Å². The third-order valence-electron chi connectivity index (χ3n) is 6.10. The van der Waals surface area contributed by atoms with Gasteiger partial charge in [0.1, 0.15) is 23.5 Å². The average molecular weight is 552 g/mol. The topological polar surface area (TPSA) is 76.1 Å². The van der Waals surface area contributed by atoms with Crippen molar-refractivity contribution in [2.24, 2.45) is 0 Å². The Morgan fingerprint density at radius 1 is 0.897 bits per heavy atom. The standard InChI is InChI=1S/C29H24F3N3O3S/c1-17-16-35(18(2)33-17)26-13-10-22(21-6-5-7-24(14-21)39(4)36)15-25(26)28-27(34-19(3)37-28)20-8-11-23(12-9-20)38-29(30,31)32/h5-16H,1-4H3. The van der Waals surface area contributed by atoms with Crippen LogP contribution in [0.1, 0.15) is 17.4 Å². The van der Waals surface area contributed by atoms with Crippen molar-refractivity contribution in [2.45, 2.75) is 32.0 Å². The number of ether oxygens (including phenoxy) is 1. The van der Waals surface area contributed by atoms with Crippen LogP contribution in [0, 0.1) is 20.8 Å². The lowest BCUT2D eigenvalue weighted by Crippen LogP contribution is -2.16. The SMILES string of the molecule is Cc1cn(-c2ccc(-c3cccc([S+](C)[O-])c3)cc2-c2oc(C)nc2-c2ccc(OC(F)(F)F)cc2)c(C)n1. The quantitative estimate of drug-likeness (QED) is 0.205. The number of aromatic nitrogens is 3. The van der Waals surface area contributed by atoms with E-state index in [-0.39, 0.29) is 5.75 Å². The maximum Gasteiger partial charge on any atom is 0.573 e.